The first-order chi connectivity index (χ1) is 16.5. The van der Waals surface area contributed by atoms with Crippen molar-refractivity contribution in [3.05, 3.63) is 77.4 Å². The van der Waals surface area contributed by atoms with Gasteiger partial charge in [0, 0.05) is 6.08 Å². The van der Waals surface area contributed by atoms with Crippen molar-refractivity contribution < 1.29 is 28.8 Å². The third kappa shape index (κ3) is 6.10. The van der Waals surface area contributed by atoms with Crippen LogP contribution in [0.25, 0.3) is 18.2 Å². The van der Waals surface area contributed by atoms with Crippen LogP contribution in [0.15, 0.2) is 60.7 Å². The van der Waals surface area contributed by atoms with E-state index in [1.807, 2.05) is 48.6 Å². The van der Waals surface area contributed by atoms with Gasteiger partial charge in [-0.2, -0.15) is 0 Å². The second-order valence-electron chi connectivity index (χ2n) is 7.17. The molecule has 2 N–H and O–H groups in total. The average Bonchev–Trinajstić information content (AvgIpc) is 2.87. The van der Waals surface area contributed by atoms with Crippen LogP contribution in [0.2, 0.25) is 0 Å². The Morgan fingerprint density at radius 3 is 2.06 bits per heavy atom. The third-order valence-corrected chi connectivity index (χ3v) is 4.96. The fourth-order valence-corrected chi connectivity index (χ4v) is 3.24. The van der Waals surface area contributed by atoms with Crippen LogP contribution >= 0.6 is 0 Å². The predicted molar refractivity (Wildman–Crippen MR) is 134 cm³/mol. The smallest absolute Gasteiger partial charge is 0.248 e. The first-order valence-corrected chi connectivity index (χ1v) is 10.4. The summed E-state index contributed by atoms with van der Waals surface area (Å²) in [6, 6.07) is 16.0. The van der Waals surface area contributed by atoms with E-state index in [0.29, 0.717) is 28.7 Å². The van der Waals surface area contributed by atoms with Crippen LogP contribution in [0.4, 0.5) is 5.69 Å². The average molecular weight is 462 g/mol. The summed E-state index contributed by atoms with van der Waals surface area (Å²) in [5.41, 5.74) is 2.71. The zero-order chi connectivity index (χ0) is 24.5. The molecule has 0 fully saturated rings. The number of amides is 1. The summed E-state index contributed by atoms with van der Waals surface area (Å²) in [5.74, 6) is 1.90. The number of carbonyl (C=O) groups excluding carboxylic acids is 1. The van der Waals surface area contributed by atoms with E-state index in [1.54, 1.807) is 52.7 Å². The van der Waals surface area contributed by atoms with Gasteiger partial charge < -0.3 is 29.4 Å². The predicted octanol–water partition coefficient (Wildman–Crippen LogP) is 5.25. The summed E-state index contributed by atoms with van der Waals surface area (Å²) in [5, 5.41) is 13.1. The molecule has 0 bridgehead atoms. The molecule has 34 heavy (non-hydrogen) atoms. The zero-order valence-electron chi connectivity index (χ0n) is 19.5. The molecule has 0 heterocycles. The Kier molecular flexibility index (Phi) is 8.18. The maximum atomic E-state index is 12.3. The number of anilines is 1. The summed E-state index contributed by atoms with van der Waals surface area (Å²) in [4.78, 5) is 12.3. The van der Waals surface area contributed by atoms with E-state index in [2.05, 4.69) is 5.32 Å². The highest BCUT2D eigenvalue weighted by Gasteiger charge is 2.12. The van der Waals surface area contributed by atoms with Crippen molar-refractivity contribution in [1.29, 1.82) is 0 Å². The summed E-state index contributed by atoms with van der Waals surface area (Å²) >= 11 is 0. The molecule has 0 atom stereocenters. The van der Waals surface area contributed by atoms with Gasteiger partial charge in [-0.1, -0.05) is 30.4 Å². The highest BCUT2D eigenvalue weighted by molar-refractivity contribution is 6.02. The Morgan fingerprint density at radius 1 is 0.765 bits per heavy atom. The second-order valence-corrected chi connectivity index (χ2v) is 7.17. The Hall–Kier alpha value is -4.39. The van der Waals surface area contributed by atoms with Crippen LogP contribution in [-0.2, 0) is 4.79 Å². The summed E-state index contributed by atoms with van der Waals surface area (Å²) in [6.07, 6.45) is 6.75. The number of aromatic hydroxyl groups is 1. The molecule has 0 aliphatic carbocycles. The number of phenolic OH excluding ortho intramolecular Hbond substituents is 1. The van der Waals surface area contributed by atoms with Crippen LogP contribution in [0, 0.1) is 0 Å². The monoisotopic (exact) mass is 461 g/mol. The maximum absolute atomic E-state index is 12.3. The molecule has 3 aromatic rings. The van der Waals surface area contributed by atoms with E-state index >= 15 is 0 Å². The van der Waals surface area contributed by atoms with Gasteiger partial charge in [-0.15, -0.1) is 0 Å². The van der Waals surface area contributed by atoms with Gasteiger partial charge in [0.1, 0.15) is 11.5 Å². The van der Waals surface area contributed by atoms with Crippen LogP contribution in [0.3, 0.4) is 0 Å². The molecule has 0 aromatic heterocycles. The van der Waals surface area contributed by atoms with E-state index < -0.39 is 0 Å². The number of rotatable bonds is 9. The molecule has 1 amide bonds. The van der Waals surface area contributed by atoms with Gasteiger partial charge in [0.25, 0.3) is 0 Å². The lowest BCUT2D eigenvalue weighted by atomic mass is 10.1. The molecular formula is C27H27NO6. The molecule has 0 aliphatic heterocycles. The molecule has 176 valence electrons. The lowest BCUT2D eigenvalue weighted by Crippen LogP contribution is -2.07. The minimum Gasteiger partial charge on any atom is -0.506 e. The van der Waals surface area contributed by atoms with Crippen LogP contribution in [0.5, 0.6) is 28.7 Å². The number of ether oxygens (including phenoxy) is 4. The van der Waals surface area contributed by atoms with Crippen molar-refractivity contribution in [3.63, 3.8) is 0 Å². The molecular weight excluding hydrogens is 434 g/mol. The molecule has 0 aliphatic rings. The molecule has 0 radical (unpaired) electrons. The SMILES string of the molecule is COc1cccc(/C=C/C(=O)Nc2ccc(C=Cc3cc(OC)c(OC)c(OC)c3)cc2O)c1. The van der Waals surface area contributed by atoms with Gasteiger partial charge in [0.05, 0.1) is 34.1 Å². The summed E-state index contributed by atoms with van der Waals surface area (Å²) in [6.45, 7) is 0. The van der Waals surface area contributed by atoms with Crippen LogP contribution in [-0.4, -0.2) is 39.5 Å². The number of nitrogens with one attached hydrogen (secondary N) is 1. The van der Waals surface area contributed by atoms with Crippen molar-refractivity contribution in [2.45, 2.75) is 0 Å². The fourth-order valence-electron chi connectivity index (χ4n) is 3.24. The van der Waals surface area contributed by atoms with Gasteiger partial charge in [0.15, 0.2) is 11.5 Å². The van der Waals surface area contributed by atoms with Crippen molar-refractivity contribution in [2.24, 2.45) is 0 Å². The van der Waals surface area contributed by atoms with E-state index in [9.17, 15) is 9.90 Å². The molecule has 3 aromatic carbocycles. The van der Waals surface area contributed by atoms with E-state index in [-0.39, 0.29) is 11.7 Å². The maximum Gasteiger partial charge on any atom is 0.248 e. The van der Waals surface area contributed by atoms with Gasteiger partial charge >= 0.3 is 0 Å². The number of hydrogen-bond donors (Lipinski definition) is 2. The lowest BCUT2D eigenvalue weighted by molar-refractivity contribution is -0.111. The highest BCUT2D eigenvalue weighted by Crippen LogP contribution is 2.38. The third-order valence-electron chi connectivity index (χ3n) is 4.96. The van der Waals surface area contributed by atoms with Crippen molar-refractivity contribution >= 4 is 29.8 Å². The zero-order valence-corrected chi connectivity index (χ0v) is 19.5. The van der Waals surface area contributed by atoms with E-state index in [1.165, 1.54) is 6.08 Å². The number of benzene rings is 3. The largest absolute Gasteiger partial charge is 0.506 e. The van der Waals surface area contributed by atoms with E-state index in [0.717, 1.165) is 16.7 Å². The Bertz CT molecular complexity index is 1190. The number of phenols is 1. The molecule has 0 saturated carbocycles. The summed E-state index contributed by atoms with van der Waals surface area (Å²) in [7, 11) is 6.25. The first kappa shape index (κ1) is 24.3. The van der Waals surface area contributed by atoms with E-state index in [4.69, 9.17) is 18.9 Å². The van der Waals surface area contributed by atoms with Gasteiger partial charge in [-0.3, -0.25) is 4.79 Å². The van der Waals surface area contributed by atoms with Crippen molar-refractivity contribution in [1.82, 2.24) is 0 Å². The second kappa shape index (κ2) is 11.5. The van der Waals surface area contributed by atoms with Crippen molar-refractivity contribution in [2.75, 3.05) is 33.8 Å². The molecule has 3 rings (SSSR count). The lowest BCUT2D eigenvalue weighted by Gasteiger charge is -2.12. The normalized spacial score (nSPS) is 10.9. The molecule has 0 spiro atoms. The quantitative estimate of drug-likeness (QED) is 0.257. The highest BCUT2D eigenvalue weighted by atomic mass is 16.5. The van der Waals surface area contributed by atoms with Crippen LogP contribution < -0.4 is 24.3 Å². The number of carbonyl (C=O) groups is 1. The van der Waals surface area contributed by atoms with Gasteiger partial charge in [0.2, 0.25) is 11.7 Å². The van der Waals surface area contributed by atoms with Gasteiger partial charge in [-0.25, -0.2) is 0 Å². The topological polar surface area (TPSA) is 86.3 Å². The number of methoxy groups -OCH3 is 4. The molecule has 7 nitrogen and oxygen atoms in total. The minimum atomic E-state index is -0.362. The molecule has 0 saturated heterocycles. The van der Waals surface area contributed by atoms with Crippen LogP contribution in [0.1, 0.15) is 16.7 Å². The fraction of sp³-hybridized carbons (Fsp3) is 0.148. The molecule has 7 heteroatoms. The number of hydrogen-bond acceptors (Lipinski definition) is 6. The van der Waals surface area contributed by atoms with Gasteiger partial charge in [-0.05, 0) is 59.2 Å². The minimum absolute atomic E-state index is 0.0461. The summed E-state index contributed by atoms with van der Waals surface area (Å²) < 4.78 is 21.3. The Labute approximate surface area is 198 Å². The Balaban J connectivity index is 1.71. The van der Waals surface area contributed by atoms with Crippen molar-refractivity contribution in [3.8, 4) is 28.7 Å². The standard InChI is InChI=1S/C27H27NO6/c1-31-21-7-5-6-18(14-21)11-13-26(30)28-22-12-10-19(15-23(22)29)8-9-20-16-24(32-2)27(34-4)25(17-20)33-3/h5-17,29H,1-4H3,(H,28,30)/b9-8?,13-11+. The molecule has 0 unspecified atom stereocenters. The first-order valence-electron chi connectivity index (χ1n) is 10.4. The Morgan fingerprint density at radius 2 is 1.44 bits per heavy atom.